The van der Waals surface area contributed by atoms with E-state index >= 15 is 0 Å². The fourth-order valence-corrected chi connectivity index (χ4v) is 2.73. The van der Waals surface area contributed by atoms with Gasteiger partial charge >= 0.3 is 0 Å². The van der Waals surface area contributed by atoms with Crippen molar-refractivity contribution in [3.8, 4) is 11.5 Å². The summed E-state index contributed by atoms with van der Waals surface area (Å²) in [6, 6.07) is 25.5. The summed E-state index contributed by atoms with van der Waals surface area (Å²) in [5.74, 6) is 1.38. The lowest BCUT2D eigenvalue weighted by atomic mass is 10.1. The van der Waals surface area contributed by atoms with Gasteiger partial charge in [0.2, 0.25) is 3.79 Å². The average Bonchev–Trinajstić information content (AvgIpc) is 2.57. The molecule has 3 aromatic carbocycles. The Morgan fingerprint density at radius 2 is 1.33 bits per heavy atom. The highest BCUT2D eigenvalue weighted by molar-refractivity contribution is 6.66. The van der Waals surface area contributed by atoms with Crippen molar-refractivity contribution >= 4 is 34.8 Å². The van der Waals surface area contributed by atoms with Gasteiger partial charge in [0, 0.05) is 5.56 Å². The minimum atomic E-state index is -1.46. The number of ether oxygens (including phenoxy) is 1. The molecule has 3 aromatic rings. The Bertz CT molecular complexity index is 793. The molecule has 122 valence electrons. The smallest absolute Gasteiger partial charge is 0.216 e. The number of halogens is 3. The van der Waals surface area contributed by atoms with Gasteiger partial charge in [-0.25, -0.2) is 0 Å². The van der Waals surface area contributed by atoms with E-state index in [4.69, 9.17) is 39.5 Å². The Hall–Kier alpha value is -1.67. The van der Waals surface area contributed by atoms with Crippen LogP contribution in [0.15, 0.2) is 78.9 Å². The van der Waals surface area contributed by atoms with Crippen LogP contribution in [0.3, 0.4) is 0 Å². The van der Waals surface area contributed by atoms with Gasteiger partial charge in [0.05, 0.1) is 0 Å². The molecule has 0 aliphatic heterocycles. The third-order valence-electron chi connectivity index (χ3n) is 3.57. The molecule has 1 nitrogen and oxygen atoms in total. The summed E-state index contributed by atoms with van der Waals surface area (Å²) in [4.78, 5) is 0. The number of benzene rings is 3. The highest BCUT2D eigenvalue weighted by Crippen LogP contribution is 2.39. The van der Waals surface area contributed by atoms with Crippen molar-refractivity contribution in [2.75, 3.05) is 0 Å². The molecule has 0 unspecified atom stereocenters. The van der Waals surface area contributed by atoms with Gasteiger partial charge in [-0.15, -0.1) is 0 Å². The van der Waals surface area contributed by atoms with Gasteiger partial charge in [0.1, 0.15) is 11.5 Å². The molecule has 24 heavy (non-hydrogen) atoms. The summed E-state index contributed by atoms with van der Waals surface area (Å²) in [6.07, 6.45) is 0.893. The van der Waals surface area contributed by atoms with Crippen molar-refractivity contribution in [3.05, 3.63) is 95.6 Å². The Labute approximate surface area is 156 Å². The van der Waals surface area contributed by atoms with Crippen molar-refractivity contribution in [2.24, 2.45) is 0 Å². The van der Waals surface area contributed by atoms with E-state index in [2.05, 4.69) is 24.3 Å². The maximum Gasteiger partial charge on any atom is 0.216 e. The molecular weight excluding hydrogens is 363 g/mol. The van der Waals surface area contributed by atoms with Gasteiger partial charge in [-0.3, -0.25) is 0 Å². The molecule has 0 heterocycles. The molecule has 0 bridgehead atoms. The quantitative estimate of drug-likeness (QED) is 0.449. The highest BCUT2D eigenvalue weighted by atomic mass is 35.6. The first-order valence-corrected chi connectivity index (χ1v) is 8.62. The Balaban J connectivity index is 1.70. The fourth-order valence-electron chi connectivity index (χ4n) is 2.38. The first-order valence-electron chi connectivity index (χ1n) is 7.49. The van der Waals surface area contributed by atoms with E-state index in [9.17, 15) is 0 Å². The van der Waals surface area contributed by atoms with Crippen LogP contribution < -0.4 is 4.74 Å². The van der Waals surface area contributed by atoms with Gasteiger partial charge in [0.25, 0.3) is 0 Å². The molecule has 0 amide bonds. The largest absolute Gasteiger partial charge is 0.457 e. The van der Waals surface area contributed by atoms with Crippen LogP contribution in [0.4, 0.5) is 0 Å². The van der Waals surface area contributed by atoms with Gasteiger partial charge in [-0.05, 0) is 41.8 Å². The van der Waals surface area contributed by atoms with E-state index in [-0.39, 0.29) is 0 Å². The van der Waals surface area contributed by atoms with Crippen LogP contribution in [0.2, 0.25) is 0 Å². The lowest BCUT2D eigenvalue weighted by Gasteiger charge is -2.13. The molecule has 3 rings (SSSR count). The molecule has 0 fully saturated rings. The van der Waals surface area contributed by atoms with E-state index in [1.165, 1.54) is 11.1 Å². The average molecular weight is 378 g/mol. The monoisotopic (exact) mass is 376 g/mol. The standard InChI is InChI=1S/C20H15Cl3O/c21-20(22,23)17-7-4-8-19(14-17)24-18-11-9-16(10-12-18)13-15-5-2-1-3-6-15/h1-12,14H,13H2. The van der Waals surface area contributed by atoms with E-state index < -0.39 is 3.79 Å². The van der Waals surface area contributed by atoms with Crippen molar-refractivity contribution in [1.82, 2.24) is 0 Å². The zero-order valence-electron chi connectivity index (χ0n) is 12.8. The molecule has 0 radical (unpaired) electrons. The summed E-state index contributed by atoms with van der Waals surface area (Å²) in [5, 5.41) is 0. The van der Waals surface area contributed by atoms with E-state index in [1.54, 1.807) is 18.2 Å². The molecule has 0 aromatic heterocycles. The molecular formula is C20H15Cl3O. The van der Waals surface area contributed by atoms with Gasteiger partial charge < -0.3 is 4.74 Å². The molecule has 0 aliphatic carbocycles. The number of rotatable bonds is 4. The SMILES string of the molecule is ClC(Cl)(Cl)c1cccc(Oc2ccc(Cc3ccccc3)cc2)c1. The molecule has 0 saturated heterocycles. The third-order valence-corrected chi connectivity index (χ3v) is 4.23. The van der Waals surface area contributed by atoms with Gasteiger partial charge in [-0.2, -0.15) is 0 Å². The second kappa shape index (κ2) is 7.48. The van der Waals surface area contributed by atoms with Crippen molar-refractivity contribution < 1.29 is 4.74 Å². The summed E-state index contributed by atoms with van der Waals surface area (Å²) in [5.41, 5.74) is 3.08. The summed E-state index contributed by atoms with van der Waals surface area (Å²) in [6.45, 7) is 0. The molecule has 0 aliphatic rings. The Morgan fingerprint density at radius 3 is 2.00 bits per heavy atom. The van der Waals surface area contributed by atoms with Crippen molar-refractivity contribution in [2.45, 2.75) is 10.2 Å². The number of alkyl halides is 3. The molecule has 0 N–H and O–H groups in total. The van der Waals surface area contributed by atoms with Gasteiger partial charge in [-0.1, -0.05) is 89.4 Å². The van der Waals surface area contributed by atoms with Crippen LogP contribution in [0, 0.1) is 0 Å². The first kappa shape index (κ1) is 17.2. The lowest BCUT2D eigenvalue weighted by Crippen LogP contribution is -1.99. The lowest BCUT2D eigenvalue weighted by molar-refractivity contribution is 0.482. The maximum absolute atomic E-state index is 5.91. The zero-order chi connectivity index (χ0) is 17.0. The van der Waals surface area contributed by atoms with Crippen LogP contribution >= 0.6 is 34.8 Å². The predicted octanol–water partition coefficient (Wildman–Crippen LogP) is 6.90. The summed E-state index contributed by atoms with van der Waals surface area (Å²) >= 11 is 17.7. The first-order chi connectivity index (χ1) is 11.5. The second-order valence-corrected chi connectivity index (χ2v) is 7.72. The number of hydrogen-bond acceptors (Lipinski definition) is 1. The van der Waals surface area contributed by atoms with Crippen LogP contribution in [0.25, 0.3) is 0 Å². The predicted molar refractivity (Wildman–Crippen MR) is 101 cm³/mol. The molecule has 0 spiro atoms. The van der Waals surface area contributed by atoms with Crippen LogP contribution in [0.5, 0.6) is 11.5 Å². The third kappa shape index (κ3) is 4.67. The van der Waals surface area contributed by atoms with E-state index in [1.807, 2.05) is 36.4 Å². The molecule has 0 saturated carbocycles. The van der Waals surface area contributed by atoms with Crippen LogP contribution in [0.1, 0.15) is 16.7 Å². The van der Waals surface area contributed by atoms with Crippen molar-refractivity contribution in [1.29, 1.82) is 0 Å². The maximum atomic E-state index is 5.91. The molecule has 4 heteroatoms. The topological polar surface area (TPSA) is 9.23 Å². The Morgan fingerprint density at radius 1 is 0.667 bits per heavy atom. The Kier molecular flexibility index (Phi) is 5.35. The van der Waals surface area contributed by atoms with E-state index in [0.29, 0.717) is 11.3 Å². The minimum absolute atomic E-state index is 0.575. The summed E-state index contributed by atoms with van der Waals surface area (Å²) < 4.78 is 4.38. The number of hydrogen-bond donors (Lipinski definition) is 0. The van der Waals surface area contributed by atoms with Gasteiger partial charge in [0.15, 0.2) is 0 Å². The summed E-state index contributed by atoms with van der Waals surface area (Å²) in [7, 11) is 0. The molecule has 0 atom stereocenters. The second-order valence-electron chi connectivity index (χ2n) is 5.43. The zero-order valence-corrected chi connectivity index (χ0v) is 15.0. The highest BCUT2D eigenvalue weighted by Gasteiger charge is 2.22. The normalized spacial score (nSPS) is 11.3. The van der Waals surface area contributed by atoms with Crippen LogP contribution in [-0.2, 0) is 10.2 Å². The van der Waals surface area contributed by atoms with Crippen molar-refractivity contribution in [3.63, 3.8) is 0 Å². The minimum Gasteiger partial charge on any atom is -0.457 e. The van der Waals surface area contributed by atoms with E-state index in [0.717, 1.165) is 12.2 Å². The fraction of sp³-hybridized carbons (Fsp3) is 0.100. The van der Waals surface area contributed by atoms with Crippen LogP contribution in [-0.4, -0.2) is 0 Å².